The van der Waals surface area contributed by atoms with E-state index in [4.69, 9.17) is 18.4 Å². The predicted octanol–water partition coefficient (Wildman–Crippen LogP) is 9.76. The number of hydrogen-bond acceptors (Lipinski definition) is 2. The van der Waals surface area contributed by atoms with Crippen molar-refractivity contribution >= 4 is 27.9 Å². The smallest absolute Gasteiger partial charge is 0.0313 e. The molecule has 1 nitrogen and oxygen atoms in total. The monoisotopic (exact) mass is 557 g/mol. The van der Waals surface area contributed by atoms with Gasteiger partial charge in [-0.1, -0.05) is 93.3 Å². The number of thiol groups is 1. The lowest BCUT2D eigenvalue weighted by atomic mass is 9.81. The Labute approximate surface area is 246 Å². The summed E-state index contributed by atoms with van der Waals surface area (Å²) in [4.78, 5) is 0. The van der Waals surface area contributed by atoms with Crippen LogP contribution in [0.2, 0.25) is 0 Å². The molecule has 0 bridgehead atoms. The third kappa shape index (κ3) is 10.2. The van der Waals surface area contributed by atoms with Crippen LogP contribution in [-0.2, 0) is 11.8 Å². The molecule has 0 spiro atoms. The minimum absolute atomic E-state index is 0.154. The highest BCUT2D eigenvalue weighted by Gasteiger charge is 2.21. The zero-order chi connectivity index (χ0) is 29.0. The molecule has 0 fully saturated rings. The van der Waals surface area contributed by atoms with Gasteiger partial charge in [0.15, 0.2) is 0 Å². The molecule has 3 heteroatoms. The molecule has 208 valence electrons. The van der Waals surface area contributed by atoms with Crippen LogP contribution in [0.3, 0.4) is 0 Å². The summed E-state index contributed by atoms with van der Waals surface area (Å²) in [7, 11) is 2.91. The lowest BCUT2D eigenvalue weighted by Crippen LogP contribution is -2.21. The summed E-state index contributed by atoms with van der Waals surface area (Å²) in [5, 5.41) is 0. The number of nitrogens with two attached hydrogens (primary N) is 1. The first-order chi connectivity index (χ1) is 18.5. The Kier molecular flexibility index (Phi) is 13.3. The van der Waals surface area contributed by atoms with Gasteiger partial charge in [-0.3, -0.25) is 0 Å². The molecule has 0 amide bonds. The zero-order valence-electron chi connectivity index (χ0n) is 24.8. The summed E-state index contributed by atoms with van der Waals surface area (Å²) in [5.74, 6) is 1.23. The topological polar surface area (TPSA) is 26.0 Å². The van der Waals surface area contributed by atoms with Gasteiger partial charge in [0.25, 0.3) is 0 Å². The van der Waals surface area contributed by atoms with Crippen LogP contribution in [0.15, 0.2) is 113 Å². The highest BCUT2D eigenvalue weighted by molar-refractivity contribution is 7.80. The number of benzene rings is 2. The van der Waals surface area contributed by atoms with Crippen LogP contribution in [0.5, 0.6) is 0 Å². The minimum Gasteiger partial charge on any atom is -0.399 e. The number of rotatable bonds is 13. The maximum Gasteiger partial charge on any atom is 0.0313 e. The fourth-order valence-corrected chi connectivity index (χ4v) is 5.28. The van der Waals surface area contributed by atoms with E-state index in [1.54, 1.807) is 0 Å². The molecule has 39 heavy (non-hydrogen) atoms. The van der Waals surface area contributed by atoms with Crippen molar-refractivity contribution in [1.29, 1.82) is 0 Å². The highest BCUT2D eigenvalue weighted by Crippen LogP contribution is 2.31. The van der Waals surface area contributed by atoms with E-state index < -0.39 is 0 Å². The number of allylic oxidation sites excluding steroid dienone is 9. The molecule has 2 unspecified atom stereocenters. The number of aryl methyl sites for hydroxylation is 1. The maximum absolute atomic E-state index is 6.04. The second-order valence-corrected chi connectivity index (χ2v) is 11.8. The quantitative estimate of drug-likeness (QED) is 0.143. The first kappa shape index (κ1) is 32.7. The summed E-state index contributed by atoms with van der Waals surface area (Å²) in [5.41, 5.74) is 16.9. The van der Waals surface area contributed by atoms with Crippen molar-refractivity contribution in [3.8, 4) is 0 Å². The average molecular weight is 558 g/mol. The van der Waals surface area contributed by atoms with Crippen LogP contribution >= 0.6 is 21.9 Å². The standard InChI is InChI=1S/C36H48NPS/c1-8-12-34(37)22-28(4)29(5)27(3)21-26(2)17-18-30-13-11-15-32(23-30)33(24-39)20-19-31-14-9-10-16-35(31)36(6,7)25-38/h8-18,21-23,33,39H,2,19-20,24-25,37-38H2,1,3-7H3/b12-8-,18-17+,27-21?,29-28+,34-22+. The molecule has 0 aliphatic carbocycles. The Morgan fingerprint density at radius 3 is 2.44 bits per heavy atom. The van der Waals surface area contributed by atoms with Gasteiger partial charge < -0.3 is 5.73 Å². The Morgan fingerprint density at radius 1 is 1.05 bits per heavy atom. The summed E-state index contributed by atoms with van der Waals surface area (Å²) >= 11 is 4.74. The molecule has 0 radical (unpaired) electrons. The fourth-order valence-electron chi connectivity index (χ4n) is 4.67. The van der Waals surface area contributed by atoms with E-state index in [1.807, 2.05) is 25.2 Å². The number of hydrogen-bond donors (Lipinski definition) is 2. The van der Waals surface area contributed by atoms with Crippen molar-refractivity contribution in [3.63, 3.8) is 0 Å². The van der Waals surface area contributed by atoms with Gasteiger partial charge in [-0.2, -0.15) is 12.6 Å². The van der Waals surface area contributed by atoms with Gasteiger partial charge in [-0.15, -0.1) is 9.24 Å². The third-order valence-corrected chi connectivity index (χ3v) is 8.90. The Morgan fingerprint density at radius 2 is 1.77 bits per heavy atom. The Hall–Kier alpha value is -2.54. The van der Waals surface area contributed by atoms with Crippen LogP contribution in [0.4, 0.5) is 0 Å². The Bertz CT molecular complexity index is 1270. The first-order valence-corrected chi connectivity index (χ1v) is 15.3. The van der Waals surface area contributed by atoms with Crippen molar-refractivity contribution in [2.75, 3.05) is 11.9 Å². The van der Waals surface area contributed by atoms with Crippen LogP contribution < -0.4 is 5.73 Å². The second kappa shape index (κ2) is 15.9. The van der Waals surface area contributed by atoms with Crippen molar-refractivity contribution in [1.82, 2.24) is 0 Å². The molecule has 0 heterocycles. The minimum atomic E-state index is 0.154. The highest BCUT2D eigenvalue weighted by atomic mass is 32.1. The van der Waals surface area contributed by atoms with Crippen LogP contribution in [0.25, 0.3) is 6.08 Å². The summed E-state index contributed by atoms with van der Waals surface area (Å²) in [6, 6.07) is 17.7. The van der Waals surface area contributed by atoms with Crippen molar-refractivity contribution in [3.05, 3.63) is 136 Å². The maximum atomic E-state index is 6.04. The molecule has 0 aliphatic rings. The summed E-state index contributed by atoms with van der Waals surface area (Å²) in [6.45, 7) is 17.2. The molecular formula is C36H48NPS. The van der Waals surface area contributed by atoms with Crippen molar-refractivity contribution < 1.29 is 0 Å². The summed E-state index contributed by atoms with van der Waals surface area (Å²) in [6.07, 6.45) is 15.4. The molecule has 2 aromatic carbocycles. The van der Waals surface area contributed by atoms with Crippen molar-refractivity contribution in [2.24, 2.45) is 5.73 Å². The van der Waals surface area contributed by atoms with E-state index in [-0.39, 0.29) is 5.41 Å². The normalized spacial score (nSPS) is 14.7. The fraction of sp³-hybridized carbons (Fsp3) is 0.333. The molecule has 2 atom stereocenters. The van der Waals surface area contributed by atoms with Crippen molar-refractivity contribution in [2.45, 2.75) is 65.7 Å². The van der Waals surface area contributed by atoms with E-state index in [0.717, 1.165) is 41.6 Å². The molecule has 0 aromatic heterocycles. The van der Waals surface area contributed by atoms with E-state index >= 15 is 0 Å². The molecular weight excluding hydrogens is 509 g/mol. The zero-order valence-corrected chi connectivity index (χ0v) is 26.8. The average Bonchev–Trinajstić information content (AvgIpc) is 2.92. The molecule has 0 saturated heterocycles. The van der Waals surface area contributed by atoms with Gasteiger partial charge in [0.05, 0.1) is 0 Å². The lowest BCUT2D eigenvalue weighted by molar-refractivity contribution is 0.586. The molecule has 0 aliphatic heterocycles. The SMILES string of the molecule is C=C(C=C(C)/C(C)=C(C)/C=C(N)\C=C/C)/C=C/c1cccc(C(CS)CCc2ccccc2C(C)(C)CP)c1. The molecule has 2 aromatic rings. The van der Waals surface area contributed by atoms with Crippen LogP contribution in [-0.4, -0.2) is 11.9 Å². The largest absolute Gasteiger partial charge is 0.399 e. The third-order valence-electron chi connectivity index (χ3n) is 7.44. The molecule has 2 N–H and O–H groups in total. The molecule has 0 saturated carbocycles. The predicted molar refractivity (Wildman–Crippen MR) is 183 cm³/mol. The van der Waals surface area contributed by atoms with Gasteiger partial charge in [-0.25, -0.2) is 0 Å². The van der Waals surface area contributed by atoms with Crippen LogP contribution in [0.1, 0.15) is 76.1 Å². The van der Waals surface area contributed by atoms with Gasteiger partial charge >= 0.3 is 0 Å². The van der Waals surface area contributed by atoms with Gasteiger partial charge in [0.1, 0.15) is 0 Å². The van der Waals surface area contributed by atoms with E-state index in [0.29, 0.717) is 5.92 Å². The van der Waals surface area contributed by atoms with Crippen LogP contribution in [0, 0.1) is 0 Å². The van der Waals surface area contributed by atoms with E-state index in [9.17, 15) is 0 Å². The van der Waals surface area contributed by atoms with Gasteiger partial charge in [0, 0.05) is 5.70 Å². The second-order valence-electron chi connectivity index (χ2n) is 11.0. The first-order valence-electron chi connectivity index (χ1n) is 13.8. The Balaban J connectivity index is 2.16. The summed E-state index contributed by atoms with van der Waals surface area (Å²) < 4.78 is 0. The lowest BCUT2D eigenvalue weighted by Gasteiger charge is -2.27. The van der Waals surface area contributed by atoms with Gasteiger partial charge in [0.2, 0.25) is 0 Å². The molecule has 2 rings (SSSR count). The van der Waals surface area contributed by atoms with Gasteiger partial charge in [-0.05, 0) is 120 Å². The van der Waals surface area contributed by atoms with E-state index in [1.165, 1.54) is 33.4 Å². The van der Waals surface area contributed by atoms with E-state index in [2.05, 4.69) is 117 Å².